The molecule has 3 aliphatic rings. The second-order valence-corrected chi connectivity index (χ2v) is 9.26. The van der Waals surface area contributed by atoms with Crippen molar-refractivity contribution in [2.24, 2.45) is 5.92 Å². The summed E-state index contributed by atoms with van der Waals surface area (Å²) in [5.74, 6) is 0.414. The summed E-state index contributed by atoms with van der Waals surface area (Å²) in [4.78, 5) is 12.6. The molecule has 32 heavy (non-hydrogen) atoms. The van der Waals surface area contributed by atoms with Gasteiger partial charge in [0.2, 0.25) is 5.91 Å². The number of hydrogen-bond donors (Lipinski definition) is 6. The van der Waals surface area contributed by atoms with Crippen molar-refractivity contribution in [2.45, 2.75) is 63.3 Å². The summed E-state index contributed by atoms with van der Waals surface area (Å²) in [6.45, 7) is 5.14. The first-order chi connectivity index (χ1) is 15.5. The van der Waals surface area contributed by atoms with Crippen LogP contribution in [0.25, 0.3) is 0 Å². The number of nitrogens with one attached hydrogen (secondary N) is 6. The van der Waals surface area contributed by atoms with Gasteiger partial charge in [-0.05, 0) is 69.3 Å². The maximum Gasteiger partial charge on any atom is 0.241 e. The minimum Gasteiger partial charge on any atom is -0.380 e. The van der Waals surface area contributed by atoms with E-state index < -0.39 is 6.17 Å². The smallest absolute Gasteiger partial charge is 0.241 e. The lowest BCUT2D eigenvalue weighted by molar-refractivity contribution is -0.118. The van der Waals surface area contributed by atoms with E-state index in [-0.39, 0.29) is 30.9 Å². The SMILES string of the molecule is COC1CNCC(C2CCNC(Nc3cc(NC(=O)C4CCC(F)CN4)ccc3C)N2)C1. The number of ether oxygens (including phenoxy) is 1. The highest BCUT2D eigenvalue weighted by Crippen LogP contribution is 2.24. The third-order valence-electron chi connectivity index (χ3n) is 6.91. The normalized spacial score (nSPS) is 33.5. The second-order valence-electron chi connectivity index (χ2n) is 9.26. The van der Waals surface area contributed by atoms with Gasteiger partial charge in [0.05, 0.1) is 12.1 Å². The van der Waals surface area contributed by atoms with E-state index in [1.54, 1.807) is 7.11 Å². The Morgan fingerprint density at radius 3 is 2.81 bits per heavy atom. The van der Waals surface area contributed by atoms with Crippen molar-refractivity contribution < 1.29 is 13.9 Å². The van der Waals surface area contributed by atoms with E-state index >= 15 is 0 Å². The highest BCUT2D eigenvalue weighted by atomic mass is 19.1. The van der Waals surface area contributed by atoms with E-state index in [1.807, 2.05) is 25.1 Å². The number of alkyl halides is 1. The Bertz CT molecular complexity index is 773. The number of aryl methyl sites for hydroxylation is 1. The maximum atomic E-state index is 13.3. The van der Waals surface area contributed by atoms with Crippen LogP contribution in [0.2, 0.25) is 0 Å². The number of hydrogen-bond acceptors (Lipinski definition) is 7. The Kier molecular flexibility index (Phi) is 7.96. The highest BCUT2D eigenvalue weighted by Gasteiger charge is 2.32. The zero-order valence-corrected chi connectivity index (χ0v) is 19.0. The summed E-state index contributed by atoms with van der Waals surface area (Å²) in [6, 6.07) is 5.92. The molecule has 178 valence electrons. The number of benzene rings is 1. The number of anilines is 2. The Morgan fingerprint density at radius 2 is 2.03 bits per heavy atom. The molecule has 0 aromatic heterocycles. The molecule has 3 saturated heterocycles. The van der Waals surface area contributed by atoms with Gasteiger partial charge in [0.25, 0.3) is 0 Å². The summed E-state index contributed by atoms with van der Waals surface area (Å²) in [5.41, 5.74) is 2.80. The standard InChI is InChI=1S/C23H37FN6O2/c1-14-3-5-17(28-22(31)20-6-4-16(24)12-27-20)10-21(14)30-23-26-8-7-19(29-23)15-9-18(32-2)13-25-11-15/h3,5,10,15-16,18-20,23,25-27,29-30H,4,6-9,11-13H2,1-2H3,(H,28,31). The highest BCUT2D eigenvalue weighted by molar-refractivity contribution is 5.95. The maximum absolute atomic E-state index is 13.3. The first-order valence-corrected chi connectivity index (χ1v) is 11.8. The van der Waals surface area contributed by atoms with Crippen molar-refractivity contribution >= 4 is 17.3 Å². The van der Waals surface area contributed by atoms with Gasteiger partial charge in [0.1, 0.15) is 12.5 Å². The summed E-state index contributed by atoms with van der Waals surface area (Å²) in [7, 11) is 1.78. The molecular weight excluding hydrogens is 411 g/mol. The molecule has 1 amide bonds. The zero-order chi connectivity index (χ0) is 22.5. The molecule has 6 unspecified atom stereocenters. The van der Waals surface area contributed by atoms with Crippen LogP contribution in [0.15, 0.2) is 18.2 Å². The lowest BCUT2D eigenvalue weighted by atomic mass is 9.87. The Hall–Kier alpha value is -1.78. The third kappa shape index (κ3) is 5.96. The molecule has 1 aromatic rings. The van der Waals surface area contributed by atoms with Crippen LogP contribution in [0.5, 0.6) is 0 Å². The van der Waals surface area contributed by atoms with Gasteiger partial charge in [-0.1, -0.05) is 6.07 Å². The van der Waals surface area contributed by atoms with Crippen LogP contribution in [-0.4, -0.2) is 69.8 Å². The van der Waals surface area contributed by atoms with Crippen LogP contribution in [0.3, 0.4) is 0 Å². The number of piperidine rings is 2. The molecule has 0 aliphatic carbocycles. The Balaban J connectivity index is 1.34. The fraction of sp³-hybridized carbons (Fsp3) is 0.696. The molecule has 0 radical (unpaired) electrons. The van der Waals surface area contributed by atoms with Crippen molar-refractivity contribution in [3.63, 3.8) is 0 Å². The number of halogens is 1. The average molecular weight is 449 g/mol. The van der Waals surface area contributed by atoms with E-state index in [1.165, 1.54) is 0 Å². The fourth-order valence-electron chi connectivity index (χ4n) is 4.91. The lowest BCUT2D eigenvalue weighted by Crippen LogP contribution is -2.61. The predicted molar refractivity (Wildman–Crippen MR) is 124 cm³/mol. The Morgan fingerprint density at radius 1 is 1.16 bits per heavy atom. The molecule has 9 heteroatoms. The van der Waals surface area contributed by atoms with E-state index in [0.29, 0.717) is 24.8 Å². The zero-order valence-electron chi connectivity index (χ0n) is 19.0. The number of carbonyl (C=O) groups excluding carboxylic acids is 1. The fourth-order valence-corrected chi connectivity index (χ4v) is 4.91. The Labute approximate surface area is 189 Å². The van der Waals surface area contributed by atoms with Crippen LogP contribution in [0.4, 0.5) is 15.8 Å². The van der Waals surface area contributed by atoms with Crippen molar-refractivity contribution in [1.29, 1.82) is 0 Å². The molecule has 0 saturated carbocycles. The van der Waals surface area contributed by atoms with Gasteiger partial charge in [0.15, 0.2) is 0 Å². The van der Waals surface area contributed by atoms with Gasteiger partial charge >= 0.3 is 0 Å². The number of rotatable bonds is 6. The molecule has 0 spiro atoms. The molecule has 3 fully saturated rings. The average Bonchev–Trinajstić information content (AvgIpc) is 2.82. The summed E-state index contributed by atoms with van der Waals surface area (Å²) >= 11 is 0. The van der Waals surface area contributed by atoms with Crippen molar-refractivity contribution in [3.05, 3.63) is 23.8 Å². The van der Waals surface area contributed by atoms with Crippen LogP contribution in [0.1, 0.15) is 31.2 Å². The summed E-state index contributed by atoms with van der Waals surface area (Å²) in [5, 5.41) is 20.2. The van der Waals surface area contributed by atoms with Crippen molar-refractivity contribution in [3.8, 4) is 0 Å². The molecule has 4 rings (SSSR count). The molecule has 0 bridgehead atoms. The van der Waals surface area contributed by atoms with Gasteiger partial charge in [-0.2, -0.15) is 0 Å². The molecule has 6 N–H and O–H groups in total. The molecule has 1 aromatic carbocycles. The lowest BCUT2D eigenvalue weighted by Gasteiger charge is -2.40. The molecule has 8 nitrogen and oxygen atoms in total. The minimum atomic E-state index is -0.863. The predicted octanol–water partition coefficient (Wildman–Crippen LogP) is 1.30. The van der Waals surface area contributed by atoms with Crippen LogP contribution in [0, 0.1) is 12.8 Å². The monoisotopic (exact) mass is 448 g/mol. The van der Waals surface area contributed by atoms with Crippen molar-refractivity contribution in [1.82, 2.24) is 21.3 Å². The van der Waals surface area contributed by atoms with Gasteiger partial charge < -0.3 is 26.0 Å². The third-order valence-corrected chi connectivity index (χ3v) is 6.91. The molecular formula is C23H37FN6O2. The minimum absolute atomic E-state index is 0.0529. The first-order valence-electron chi connectivity index (χ1n) is 11.8. The van der Waals surface area contributed by atoms with Gasteiger partial charge in [-0.3, -0.25) is 15.4 Å². The largest absolute Gasteiger partial charge is 0.380 e. The van der Waals surface area contributed by atoms with E-state index in [4.69, 9.17) is 4.74 Å². The quantitative estimate of drug-likeness (QED) is 0.390. The summed E-state index contributed by atoms with van der Waals surface area (Å²) in [6.07, 6.45) is 2.43. The molecule has 3 aliphatic heterocycles. The number of methoxy groups -OCH3 is 1. The van der Waals surface area contributed by atoms with Crippen LogP contribution in [-0.2, 0) is 9.53 Å². The number of carbonyl (C=O) groups is 1. The first kappa shape index (κ1) is 23.4. The topological polar surface area (TPSA) is 98.5 Å². The van der Waals surface area contributed by atoms with E-state index in [9.17, 15) is 9.18 Å². The van der Waals surface area contributed by atoms with Gasteiger partial charge in [-0.25, -0.2) is 4.39 Å². The molecule has 6 atom stereocenters. The molecule has 3 heterocycles. The number of amides is 1. The van der Waals surface area contributed by atoms with Crippen molar-refractivity contribution in [2.75, 3.05) is 43.9 Å². The van der Waals surface area contributed by atoms with Gasteiger partial charge in [-0.15, -0.1) is 0 Å². The summed E-state index contributed by atoms with van der Waals surface area (Å²) < 4.78 is 18.9. The van der Waals surface area contributed by atoms with E-state index in [2.05, 4.69) is 31.9 Å². The van der Waals surface area contributed by atoms with Crippen LogP contribution < -0.4 is 31.9 Å². The second kappa shape index (κ2) is 10.9. The van der Waals surface area contributed by atoms with Crippen LogP contribution >= 0.6 is 0 Å². The van der Waals surface area contributed by atoms with Gasteiger partial charge in [0, 0.05) is 37.6 Å². The van der Waals surface area contributed by atoms with E-state index in [0.717, 1.165) is 49.4 Å².